The quantitative estimate of drug-likeness (QED) is 0.688. The number of nitrogens with one attached hydrogen (secondary N) is 1. The van der Waals surface area contributed by atoms with Gasteiger partial charge in [-0.2, -0.15) is 5.10 Å². The molecule has 0 atom stereocenters. The van der Waals surface area contributed by atoms with Crippen LogP contribution in [0.4, 0.5) is 4.39 Å². The van der Waals surface area contributed by atoms with Crippen molar-refractivity contribution in [3.63, 3.8) is 0 Å². The lowest BCUT2D eigenvalue weighted by Gasteiger charge is -2.21. The van der Waals surface area contributed by atoms with Gasteiger partial charge in [-0.15, -0.1) is 0 Å². The van der Waals surface area contributed by atoms with E-state index in [4.69, 9.17) is 9.15 Å². The summed E-state index contributed by atoms with van der Waals surface area (Å²) in [5.74, 6) is 1.35. The van der Waals surface area contributed by atoms with Gasteiger partial charge in [-0.25, -0.2) is 4.39 Å². The maximum atomic E-state index is 13.9. The van der Waals surface area contributed by atoms with E-state index in [1.807, 2.05) is 24.3 Å². The predicted molar refractivity (Wildman–Crippen MR) is 88.7 cm³/mol. The molecule has 1 N–H and O–H groups in total. The summed E-state index contributed by atoms with van der Waals surface area (Å²) in [5.41, 5.74) is 1.49. The first-order valence-corrected chi connectivity index (χ1v) is 7.79. The van der Waals surface area contributed by atoms with Crippen LogP contribution in [0.5, 0.6) is 0 Å². The number of hydrogen-bond acceptors (Lipinski definition) is 4. The summed E-state index contributed by atoms with van der Waals surface area (Å²) < 4.78 is 24.9. The van der Waals surface area contributed by atoms with E-state index in [2.05, 4.69) is 15.1 Å². The smallest absolute Gasteiger partial charge is 0.152 e. The highest BCUT2D eigenvalue weighted by atomic mass is 19.1. The van der Waals surface area contributed by atoms with Crippen LogP contribution in [0.3, 0.4) is 0 Å². The number of methoxy groups -OCH3 is 1. The minimum atomic E-state index is -0.197. The largest absolute Gasteiger partial charge is 0.458 e. The van der Waals surface area contributed by atoms with E-state index in [1.165, 1.54) is 6.07 Å². The number of ether oxygens (including phenoxy) is 1. The highest BCUT2D eigenvalue weighted by Gasteiger charge is 2.13. The van der Waals surface area contributed by atoms with Crippen LogP contribution >= 0.6 is 0 Å². The van der Waals surface area contributed by atoms with Crippen molar-refractivity contribution in [1.82, 2.24) is 15.1 Å². The molecule has 0 spiro atoms. The number of benzene rings is 1. The maximum Gasteiger partial charge on any atom is 0.152 e. The van der Waals surface area contributed by atoms with Crippen molar-refractivity contribution >= 4 is 0 Å². The standard InChI is InChI=1S/C18H20FN3O2/c1-23-11-10-22(12-14-4-2-3-5-16(14)19)13-15-6-7-18(24-15)17-8-9-20-21-17/h2-9H,10-13H2,1H3,(H,20,21). The lowest BCUT2D eigenvalue weighted by atomic mass is 10.2. The molecule has 0 saturated carbocycles. The van der Waals surface area contributed by atoms with Gasteiger partial charge in [0.2, 0.25) is 0 Å². The van der Waals surface area contributed by atoms with E-state index in [9.17, 15) is 4.39 Å². The van der Waals surface area contributed by atoms with Gasteiger partial charge in [0.15, 0.2) is 5.76 Å². The fourth-order valence-corrected chi connectivity index (χ4v) is 2.52. The number of hydrogen-bond donors (Lipinski definition) is 1. The van der Waals surface area contributed by atoms with Gasteiger partial charge in [0.25, 0.3) is 0 Å². The topological polar surface area (TPSA) is 54.3 Å². The highest BCUT2D eigenvalue weighted by Crippen LogP contribution is 2.21. The highest BCUT2D eigenvalue weighted by molar-refractivity contribution is 5.51. The monoisotopic (exact) mass is 329 g/mol. The van der Waals surface area contributed by atoms with Crippen LogP contribution in [0.2, 0.25) is 0 Å². The molecular weight excluding hydrogens is 309 g/mol. The zero-order chi connectivity index (χ0) is 16.8. The molecule has 1 aromatic carbocycles. The molecule has 2 heterocycles. The Morgan fingerprint density at radius 3 is 2.79 bits per heavy atom. The molecule has 5 nitrogen and oxygen atoms in total. The third-order valence-electron chi connectivity index (χ3n) is 3.77. The Morgan fingerprint density at radius 1 is 1.17 bits per heavy atom. The first kappa shape index (κ1) is 16.4. The van der Waals surface area contributed by atoms with Crippen LogP contribution in [-0.4, -0.2) is 35.4 Å². The summed E-state index contributed by atoms with van der Waals surface area (Å²) in [4.78, 5) is 2.09. The van der Waals surface area contributed by atoms with Crippen LogP contribution in [0.15, 0.2) is 53.1 Å². The molecule has 0 fully saturated rings. The second-order valence-corrected chi connectivity index (χ2v) is 5.53. The molecule has 0 saturated heterocycles. The van der Waals surface area contributed by atoms with Crippen LogP contribution in [0, 0.1) is 5.82 Å². The van der Waals surface area contributed by atoms with Gasteiger partial charge < -0.3 is 9.15 Å². The molecule has 24 heavy (non-hydrogen) atoms. The lowest BCUT2D eigenvalue weighted by molar-refractivity contribution is 0.134. The van der Waals surface area contributed by atoms with Crippen molar-refractivity contribution in [2.75, 3.05) is 20.3 Å². The average Bonchev–Trinajstić information content (AvgIpc) is 3.26. The second-order valence-electron chi connectivity index (χ2n) is 5.53. The molecule has 0 amide bonds. The van der Waals surface area contributed by atoms with Gasteiger partial charge in [-0.3, -0.25) is 10.00 Å². The summed E-state index contributed by atoms with van der Waals surface area (Å²) in [5, 5.41) is 6.80. The lowest BCUT2D eigenvalue weighted by Crippen LogP contribution is -2.26. The molecule has 3 rings (SSSR count). The van der Waals surface area contributed by atoms with Gasteiger partial charge in [-0.05, 0) is 24.3 Å². The molecule has 3 aromatic rings. The van der Waals surface area contributed by atoms with Crippen molar-refractivity contribution in [2.45, 2.75) is 13.1 Å². The summed E-state index contributed by atoms with van der Waals surface area (Å²) >= 11 is 0. The minimum Gasteiger partial charge on any atom is -0.458 e. The fourth-order valence-electron chi connectivity index (χ4n) is 2.52. The molecule has 0 radical (unpaired) electrons. The Balaban J connectivity index is 1.71. The molecular formula is C18H20FN3O2. The van der Waals surface area contributed by atoms with Gasteiger partial charge in [0.05, 0.1) is 13.2 Å². The Kier molecular flexibility index (Phi) is 5.40. The molecule has 2 aromatic heterocycles. The average molecular weight is 329 g/mol. The second kappa shape index (κ2) is 7.90. The molecule has 126 valence electrons. The van der Waals surface area contributed by atoms with E-state index < -0.39 is 0 Å². The molecule has 0 aliphatic carbocycles. The third kappa shape index (κ3) is 4.10. The molecule has 0 unspecified atom stereocenters. The Morgan fingerprint density at radius 2 is 2.04 bits per heavy atom. The summed E-state index contributed by atoms with van der Waals surface area (Å²) in [6.45, 7) is 2.33. The van der Waals surface area contributed by atoms with Crippen molar-refractivity contribution in [2.24, 2.45) is 0 Å². The summed E-state index contributed by atoms with van der Waals surface area (Å²) in [6, 6.07) is 12.5. The molecule has 0 bridgehead atoms. The number of halogens is 1. The number of aromatic nitrogens is 2. The van der Waals surface area contributed by atoms with Crippen LogP contribution in [-0.2, 0) is 17.8 Å². The van der Waals surface area contributed by atoms with E-state index in [0.29, 0.717) is 31.8 Å². The first-order chi connectivity index (χ1) is 11.8. The van der Waals surface area contributed by atoms with Crippen molar-refractivity contribution < 1.29 is 13.5 Å². The van der Waals surface area contributed by atoms with E-state index in [-0.39, 0.29) is 5.82 Å². The Bertz CT molecular complexity index is 755. The molecule has 0 aliphatic heterocycles. The van der Waals surface area contributed by atoms with Gasteiger partial charge in [-0.1, -0.05) is 18.2 Å². The van der Waals surface area contributed by atoms with Crippen LogP contribution in [0.1, 0.15) is 11.3 Å². The summed E-state index contributed by atoms with van der Waals surface area (Å²) in [6.07, 6.45) is 1.68. The SMILES string of the molecule is COCCN(Cc1ccc(-c2ccn[nH]2)o1)Cc1ccccc1F. The minimum absolute atomic E-state index is 0.197. The Hall–Kier alpha value is -2.44. The summed E-state index contributed by atoms with van der Waals surface area (Å²) in [7, 11) is 1.66. The van der Waals surface area contributed by atoms with E-state index in [0.717, 1.165) is 17.2 Å². The first-order valence-electron chi connectivity index (χ1n) is 7.79. The van der Waals surface area contributed by atoms with Gasteiger partial charge in [0.1, 0.15) is 17.3 Å². The Labute approximate surface area is 140 Å². The fraction of sp³-hybridized carbons (Fsp3) is 0.278. The number of nitrogens with zero attached hydrogens (tertiary/aromatic N) is 2. The maximum absolute atomic E-state index is 13.9. The van der Waals surface area contributed by atoms with Gasteiger partial charge >= 0.3 is 0 Å². The van der Waals surface area contributed by atoms with Crippen molar-refractivity contribution in [3.8, 4) is 11.5 Å². The third-order valence-corrected chi connectivity index (χ3v) is 3.77. The molecule has 6 heteroatoms. The number of furan rings is 1. The number of aromatic amines is 1. The van der Waals surface area contributed by atoms with Crippen molar-refractivity contribution in [3.05, 3.63) is 65.8 Å². The molecule has 0 aliphatic rings. The van der Waals surface area contributed by atoms with Crippen molar-refractivity contribution in [1.29, 1.82) is 0 Å². The predicted octanol–water partition coefficient (Wildman–Crippen LogP) is 3.46. The van der Waals surface area contributed by atoms with Gasteiger partial charge in [0, 0.05) is 32.0 Å². The van der Waals surface area contributed by atoms with E-state index in [1.54, 1.807) is 25.4 Å². The number of H-pyrrole nitrogens is 1. The van der Waals surface area contributed by atoms with Crippen LogP contribution < -0.4 is 0 Å². The number of rotatable bonds is 8. The zero-order valence-corrected chi connectivity index (χ0v) is 13.5. The van der Waals surface area contributed by atoms with E-state index >= 15 is 0 Å². The zero-order valence-electron chi connectivity index (χ0n) is 13.5. The van der Waals surface area contributed by atoms with Crippen LogP contribution in [0.25, 0.3) is 11.5 Å². The normalized spacial score (nSPS) is 11.3.